The lowest BCUT2D eigenvalue weighted by molar-refractivity contribution is 0.103. The number of hydrogen-bond acceptors (Lipinski definition) is 2. The second-order valence-electron chi connectivity index (χ2n) is 4.58. The Morgan fingerprint density at radius 1 is 1.14 bits per heavy atom. The average molecular weight is 323 g/mol. The lowest BCUT2D eigenvalue weighted by atomic mass is 10.0. The molecule has 0 atom stereocenters. The quantitative estimate of drug-likeness (QED) is 0.541. The molecule has 1 aromatic heterocycles. The molecule has 1 heterocycles. The number of halogens is 3. The van der Waals surface area contributed by atoms with Crippen molar-refractivity contribution >= 4 is 45.6 Å². The van der Waals surface area contributed by atoms with Crippen molar-refractivity contribution in [3.63, 3.8) is 0 Å². The molecule has 3 aromatic rings. The molecule has 3 N–H and O–H groups in total. The molecule has 0 saturated carbocycles. The predicted octanol–water partition coefficient (Wildman–Crippen LogP) is 4.43. The third kappa shape index (κ3) is 2.37. The molecular formula is C15H9Cl2FN2O. The molecule has 2 aromatic carbocycles. The number of rotatable bonds is 2. The molecule has 0 bridgehead atoms. The SMILES string of the molecule is Nc1ccc(C(=O)c2c[nH]c3cc(Cl)cc(Cl)c23)c(F)c1. The van der Waals surface area contributed by atoms with Gasteiger partial charge in [-0.25, -0.2) is 4.39 Å². The molecule has 0 fully saturated rings. The van der Waals surface area contributed by atoms with Gasteiger partial charge in [0, 0.05) is 33.4 Å². The van der Waals surface area contributed by atoms with Crippen molar-refractivity contribution in [2.24, 2.45) is 0 Å². The van der Waals surface area contributed by atoms with Crippen LogP contribution in [0.25, 0.3) is 10.9 Å². The number of carbonyl (C=O) groups excluding carboxylic acids is 1. The van der Waals surface area contributed by atoms with E-state index in [9.17, 15) is 9.18 Å². The van der Waals surface area contributed by atoms with Crippen molar-refractivity contribution in [2.75, 3.05) is 5.73 Å². The minimum absolute atomic E-state index is 0.0592. The number of benzene rings is 2. The molecule has 0 aliphatic heterocycles. The van der Waals surface area contributed by atoms with Crippen LogP contribution in [-0.4, -0.2) is 10.8 Å². The van der Waals surface area contributed by atoms with Gasteiger partial charge in [-0.1, -0.05) is 23.2 Å². The summed E-state index contributed by atoms with van der Waals surface area (Å²) < 4.78 is 13.9. The van der Waals surface area contributed by atoms with Gasteiger partial charge in [0.25, 0.3) is 0 Å². The monoisotopic (exact) mass is 322 g/mol. The van der Waals surface area contributed by atoms with Crippen LogP contribution in [-0.2, 0) is 0 Å². The van der Waals surface area contributed by atoms with Gasteiger partial charge in [-0.15, -0.1) is 0 Å². The van der Waals surface area contributed by atoms with Crippen molar-refractivity contribution in [2.45, 2.75) is 0 Å². The van der Waals surface area contributed by atoms with Gasteiger partial charge in [-0.05, 0) is 30.3 Å². The van der Waals surface area contributed by atoms with Gasteiger partial charge in [-0.2, -0.15) is 0 Å². The summed E-state index contributed by atoms with van der Waals surface area (Å²) in [5, 5.41) is 1.30. The molecule has 106 valence electrons. The molecule has 3 nitrogen and oxygen atoms in total. The van der Waals surface area contributed by atoms with Crippen LogP contribution in [0.5, 0.6) is 0 Å². The molecule has 3 rings (SSSR count). The molecule has 0 spiro atoms. The zero-order valence-electron chi connectivity index (χ0n) is 10.6. The Kier molecular flexibility index (Phi) is 3.35. The van der Waals surface area contributed by atoms with E-state index in [0.717, 1.165) is 6.07 Å². The second kappa shape index (κ2) is 5.06. The van der Waals surface area contributed by atoms with Gasteiger partial charge in [-0.3, -0.25) is 4.79 Å². The number of nitrogen functional groups attached to an aromatic ring is 1. The van der Waals surface area contributed by atoms with E-state index in [1.807, 2.05) is 0 Å². The highest BCUT2D eigenvalue weighted by molar-refractivity contribution is 6.40. The van der Waals surface area contributed by atoms with Crippen LogP contribution in [0.3, 0.4) is 0 Å². The highest BCUT2D eigenvalue weighted by atomic mass is 35.5. The van der Waals surface area contributed by atoms with E-state index in [4.69, 9.17) is 28.9 Å². The molecule has 0 unspecified atom stereocenters. The molecule has 0 aliphatic rings. The van der Waals surface area contributed by atoms with E-state index in [1.165, 1.54) is 24.4 Å². The van der Waals surface area contributed by atoms with E-state index in [2.05, 4.69) is 4.98 Å². The van der Waals surface area contributed by atoms with Crippen LogP contribution >= 0.6 is 23.2 Å². The summed E-state index contributed by atoms with van der Waals surface area (Å²) in [5.41, 5.74) is 6.59. The van der Waals surface area contributed by atoms with Crippen LogP contribution < -0.4 is 5.73 Å². The summed E-state index contributed by atoms with van der Waals surface area (Å²) in [4.78, 5) is 15.4. The Bertz CT molecular complexity index is 873. The Balaban J connectivity index is 2.18. The molecule has 0 saturated heterocycles. The summed E-state index contributed by atoms with van der Waals surface area (Å²) in [6, 6.07) is 7.13. The Morgan fingerprint density at radius 3 is 2.62 bits per heavy atom. The summed E-state index contributed by atoms with van der Waals surface area (Å²) in [7, 11) is 0. The number of nitrogens with two attached hydrogens (primary N) is 1. The summed E-state index contributed by atoms with van der Waals surface area (Å²) in [5.74, 6) is -1.14. The summed E-state index contributed by atoms with van der Waals surface area (Å²) >= 11 is 12.0. The Morgan fingerprint density at radius 2 is 1.90 bits per heavy atom. The topological polar surface area (TPSA) is 58.9 Å². The summed E-state index contributed by atoms with van der Waals surface area (Å²) in [6.07, 6.45) is 1.49. The van der Waals surface area contributed by atoms with E-state index in [-0.39, 0.29) is 16.8 Å². The first-order chi connectivity index (χ1) is 9.97. The number of ketones is 1. The first-order valence-corrected chi connectivity index (χ1v) is 6.79. The normalized spacial score (nSPS) is 11.0. The van der Waals surface area contributed by atoms with Gasteiger partial charge in [0.05, 0.1) is 10.6 Å². The first-order valence-electron chi connectivity index (χ1n) is 6.03. The maximum absolute atomic E-state index is 13.9. The number of H-pyrrole nitrogens is 1. The van der Waals surface area contributed by atoms with Gasteiger partial charge in [0.1, 0.15) is 5.82 Å². The van der Waals surface area contributed by atoms with Crippen LogP contribution in [0, 0.1) is 5.82 Å². The molecular weight excluding hydrogens is 314 g/mol. The Labute approximate surface area is 129 Å². The number of nitrogens with one attached hydrogen (secondary N) is 1. The van der Waals surface area contributed by atoms with Crippen LogP contribution in [0.2, 0.25) is 10.0 Å². The number of aromatic nitrogens is 1. The van der Waals surface area contributed by atoms with Crippen LogP contribution in [0.15, 0.2) is 36.5 Å². The third-order valence-electron chi connectivity index (χ3n) is 3.18. The standard InChI is InChI=1S/C15H9Cl2FN2O/c16-7-3-11(17)14-10(6-20-13(14)4-7)15(21)9-2-1-8(19)5-12(9)18/h1-6,20H,19H2. The van der Waals surface area contributed by atoms with E-state index >= 15 is 0 Å². The minimum atomic E-state index is -0.667. The maximum Gasteiger partial charge on any atom is 0.198 e. The van der Waals surface area contributed by atoms with E-state index in [0.29, 0.717) is 20.9 Å². The smallest absolute Gasteiger partial charge is 0.198 e. The van der Waals surface area contributed by atoms with Crippen LogP contribution in [0.4, 0.5) is 10.1 Å². The highest BCUT2D eigenvalue weighted by Gasteiger charge is 2.19. The average Bonchev–Trinajstić information content (AvgIpc) is 2.81. The number of anilines is 1. The molecule has 0 aliphatic carbocycles. The van der Waals surface area contributed by atoms with Crippen molar-refractivity contribution in [1.82, 2.24) is 4.98 Å². The van der Waals surface area contributed by atoms with Crippen molar-refractivity contribution in [3.8, 4) is 0 Å². The van der Waals surface area contributed by atoms with E-state index in [1.54, 1.807) is 6.07 Å². The number of fused-ring (bicyclic) bond motifs is 1. The molecule has 0 radical (unpaired) electrons. The largest absolute Gasteiger partial charge is 0.399 e. The van der Waals surface area contributed by atoms with Gasteiger partial charge in [0.15, 0.2) is 5.78 Å². The Hall–Kier alpha value is -2.04. The fourth-order valence-electron chi connectivity index (χ4n) is 2.22. The first kappa shape index (κ1) is 13.9. The van der Waals surface area contributed by atoms with Crippen molar-refractivity contribution in [1.29, 1.82) is 0 Å². The van der Waals surface area contributed by atoms with Gasteiger partial charge in [0.2, 0.25) is 0 Å². The minimum Gasteiger partial charge on any atom is -0.399 e. The zero-order valence-corrected chi connectivity index (χ0v) is 12.1. The molecule has 21 heavy (non-hydrogen) atoms. The fourth-order valence-corrected chi connectivity index (χ4v) is 2.82. The second-order valence-corrected chi connectivity index (χ2v) is 5.42. The lowest BCUT2D eigenvalue weighted by Crippen LogP contribution is -2.04. The third-order valence-corrected chi connectivity index (χ3v) is 3.70. The van der Waals surface area contributed by atoms with Gasteiger partial charge < -0.3 is 10.7 Å². The fraction of sp³-hybridized carbons (Fsp3) is 0. The zero-order chi connectivity index (χ0) is 15.1. The number of aromatic amines is 1. The van der Waals surface area contributed by atoms with Crippen LogP contribution in [0.1, 0.15) is 15.9 Å². The molecule has 6 heteroatoms. The molecule has 0 amide bonds. The predicted molar refractivity (Wildman–Crippen MR) is 82.6 cm³/mol. The number of carbonyl (C=O) groups is 1. The summed E-state index contributed by atoms with van der Waals surface area (Å²) in [6.45, 7) is 0. The number of hydrogen-bond donors (Lipinski definition) is 2. The highest BCUT2D eigenvalue weighted by Crippen LogP contribution is 2.31. The van der Waals surface area contributed by atoms with Gasteiger partial charge >= 0.3 is 0 Å². The lowest BCUT2D eigenvalue weighted by Gasteiger charge is -2.04. The van der Waals surface area contributed by atoms with E-state index < -0.39 is 11.6 Å². The maximum atomic E-state index is 13.9. The van der Waals surface area contributed by atoms with Crippen molar-refractivity contribution in [3.05, 3.63) is 63.5 Å². The van der Waals surface area contributed by atoms with Crippen molar-refractivity contribution < 1.29 is 9.18 Å².